The van der Waals surface area contributed by atoms with E-state index in [9.17, 15) is 0 Å². The van der Waals surface area contributed by atoms with Crippen LogP contribution in [0.25, 0.3) is 98.7 Å². The third kappa shape index (κ3) is 5.12. The molecule has 0 radical (unpaired) electrons. The van der Waals surface area contributed by atoms with E-state index < -0.39 is 0 Å². The van der Waals surface area contributed by atoms with E-state index in [1.54, 1.807) is 0 Å². The van der Waals surface area contributed by atoms with Gasteiger partial charge in [0.1, 0.15) is 16.7 Å². The third-order valence-electron chi connectivity index (χ3n) is 11.4. The lowest BCUT2D eigenvalue weighted by molar-refractivity contribution is 0.620. The van der Waals surface area contributed by atoms with Crippen LogP contribution < -0.4 is 4.90 Å². The summed E-state index contributed by atoms with van der Waals surface area (Å²) in [6, 6.07) is 68.8. The predicted molar refractivity (Wildman–Crippen MR) is 237 cm³/mol. The van der Waals surface area contributed by atoms with Gasteiger partial charge in [0.05, 0.1) is 0 Å². The highest BCUT2D eigenvalue weighted by Crippen LogP contribution is 2.44. The SMILES string of the molecule is c1ccc(-c2cccc(N(c3ccc4c(c3)oc3cccc(-c5nc6cc7ccccc7cc6o5)c34)c3ccc4ccc5c6ccccc6ccc5c4c3)c2)cc1. The van der Waals surface area contributed by atoms with Gasteiger partial charge in [-0.3, -0.25) is 0 Å². The first-order valence-electron chi connectivity index (χ1n) is 19.3. The van der Waals surface area contributed by atoms with Crippen molar-refractivity contribution < 1.29 is 8.83 Å². The highest BCUT2D eigenvalue weighted by molar-refractivity contribution is 6.18. The van der Waals surface area contributed by atoms with E-state index in [2.05, 4.69) is 175 Å². The molecule has 2 heterocycles. The molecule has 0 unspecified atom stereocenters. The second-order valence-corrected chi connectivity index (χ2v) is 14.8. The van der Waals surface area contributed by atoms with Crippen LogP contribution in [-0.2, 0) is 0 Å². The average Bonchev–Trinajstić information content (AvgIpc) is 3.86. The summed E-state index contributed by atoms with van der Waals surface area (Å²) >= 11 is 0. The molecule has 0 aliphatic heterocycles. The van der Waals surface area contributed by atoms with Crippen LogP contribution in [0.4, 0.5) is 17.1 Å². The Morgan fingerprint density at radius 3 is 1.88 bits per heavy atom. The minimum absolute atomic E-state index is 0.577. The number of anilines is 3. The number of fused-ring (bicyclic) bond motifs is 10. The number of benzene rings is 10. The molecule has 0 bridgehead atoms. The summed E-state index contributed by atoms with van der Waals surface area (Å²) in [5.41, 5.74) is 9.50. The van der Waals surface area contributed by atoms with Crippen molar-refractivity contribution in [1.82, 2.24) is 4.98 Å². The van der Waals surface area contributed by atoms with E-state index in [4.69, 9.17) is 13.8 Å². The van der Waals surface area contributed by atoms with Gasteiger partial charge in [-0.25, -0.2) is 4.98 Å². The highest BCUT2D eigenvalue weighted by Gasteiger charge is 2.21. The van der Waals surface area contributed by atoms with Crippen LogP contribution >= 0.6 is 0 Å². The van der Waals surface area contributed by atoms with Crippen molar-refractivity contribution in [2.45, 2.75) is 0 Å². The number of aromatic nitrogens is 1. The molecule has 0 spiro atoms. The van der Waals surface area contributed by atoms with Crippen molar-refractivity contribution in [3.05, 3.63) is 194 Å². The summed E-state index contributed by atoms with van der Waals surface area (Å²) in [5.74, 6) is 0.577. The van der Waals surface area contributed by atoms with E-state index in [-0.39, 0.29) is 0 Å². The first kappa shape index (κ1) is 31.6. The summed E-state index contributed by atoms with van der Waals surface area (Å²) in [5, 5.41) is 11.6. The van der Waals surface area contributed by atoms with Gasteiger partial charge in [-0.05, 0) is 115 Å². The molecule has 4 heteroatoms. The molecule has 4 nitrogen and oxygen atoms in total. The van der Waals surface area contributed by atoms with Gasteiger partial charge in [-0.1, -0.05) is 127 Å². The van der Waals surface area contributed by atoms with Crippen LogP contribution in [0, 0.1) is 0 Å². The Kier molecular flexibility index (Phi) is 6.89. The zero-order valence-corrected chi connectivity index (χ0v) is 30.7. The zero-order chi connectivity index (χ0) is 37.5. The van der Waals surface area contributed by atoms with Crippen molar-refractivity contribution in [2.75, 3.05) is 4.90 Å². The van der Waals surface area contributed by atoms with Crippen LogP contribution in [0.1, 0.15) is 0 Å². The summed E-state index contributed by atoms with van der Waals surface area (Å²) in [4.78, 5) is 7.31. The molecular weight excluding hydrogens is 697 g/mol. The lowest BCUT2D eigenvalue weighted by Gasteiger charge is -2.26. The molecule has 0 fully saturated rings. The average molecular weight is 729 g/mol. The van der Waals surface area contributed by atoms with Gasteiger partial charge in [-0.15, -0.1) is 0 Å². The van der Waals surface area contributed by atoms with Gasteiger partial charge in [0.2, 0.25) is 5.89 Å². The Morgan fingerprint density at radius 2 is 1.00 bits per heavy atom. The van der Waals surface area contributed by atoms with Gasteiger partial charge in [0, 0.05) is 39.5 Å². The number of oxazole rings is 1. The van der Waals surface area contributed by atoms with Gasteiger partial charge in [0.25, 0.3) is 0 Å². The lowest BCUT2D eigenvalue weighted by Crippen LogP contribution is -2.10. The van der Waals surface area contributed by atoms with Gasteiger partial charge < -0.3 is 13.7 Å². The van der Waals surface area contributed by atoms with Crippen molar-refractivity contribution in [2.24, 2.45) is 0 Å². The van der Waals surface area contributed by atoms with Crippen LogP contribution in [0.2, 0.25) is 0 Å². The maximum Gasteiger partial charge on any atom is 0.228 e. The monoisotopic (exact) mass is 728 g/mol. The van der Waals surface area contributed by atoms with Crippen LogP contribution in [0.15, 0.2) is 203 Å². The topological polar surface area (TPSA) is 42.4 Å². The maximum atomic E-state index is 6.68. The quantitative estimate of drug-likeness (QED) is 0.166. The Bertz CT molecular complexity index is 3490. The molecule has 0 aliphatic rings. The van der Waals surface area contributed by atoms with E-state index >= 15 is 0 Å². The molecule has 0 saturated carbocycles. The van der Waals surface area contributed by atoms with Crippen LogP contribution in [-0.4, -0.2) is 4.98 Å². The fourth-order valence-corrected chi connectivity index (χ4v) is 8.71. The molecule has 2 aromatic heterocycles. The van der Waals surface area contributed by atoms with E-state index in [1.165, 1.54) is 37.9 Å². The van der Waals surface area contributed by atoms with Gasteiger partial charge >= 0.3 is 0 Å². The molecule has 57 heavy (non-hydrogen) atoms. The van der Waals surface area contributed by atoms with Crippen LogP contribution in [0.5, 0.6) is 0 Å². The number of nitrogens with zero attached hydrogens (tertiary/aromatic N) is 2. The largest absolute Gasteiger partial charge is 0.456 e. The summed E-state index contributed by atoms with van der Waals surface area (Å²) in [7, 11) is 0. The fraction of sp³-hybridized carbons (Fsp3) is 0. The van der Waals surface area contributed by atoms with E-state index in [0.717, 1.165) is 72.0 Å². The van der Waals surface area contributed by atoms with E-state index in [0.29, 0.717) is 5.89 Å². The fourth-order valence-electron chi connectivity index (χ4n) is 8.71. The number of furan rings is 1. The van der Waals surface area contributed by atoms with Crippen molar-refractivity contribution >= 4 is 93.2 Å². The Morgan fingerprint density at radius 1 is 0.351 bits per heavy atom. The summed E-state index contributed by atoms with van der Waals surface area (Å²) < 4.78 is 13.1. The molecule has 0 atom stereocenters. The Hall–Kier alpha value is -7.69. The Balaban J connectivity index is 1.05. The minimum atomic E-state index is 0.577. The molecule has 0 amide bonds. The number of rotatable bonds is 5. The summed E-state index contributed by atoms with van der Waals surface area (Å²) in [6.45, 7) is 0. The molecular formula is C53H32N2O2. The maximum absolute atomic E-state index is 6.68. The zero-order valence-electron chi connectivity index (χ0n) is 30.7. The van der Waals surface area contributed by atoms with Crippen molar-refractivity contribution in [3.63, 3.8) is 0 Å². The third-order valence-corrected chi connectivity index (χ3v) is 11.4. The predicted octanol–water partition coefficient (Wildman–Crippen LogP) is 15.1. The standard InChI is InChI=1S/C53H32N2O2/c1-2-10-33(11-3-1)36-15-8-16-39(28-36)55(40-23-20-35-22-25-43-42-17-7-6-12-34(42)21-26-44(43)47(35)31-40)41-24-27-45-50(32-41)56-49-19-9-18-46(52(45)49)53-54-48-29-37-13-4-5-14-38(37)30-51(48)57-53/h1-32H. The van der Waals surface area contributed by atoms with Crippen molar-refractivity contribution in [1.29, 1.82) is 0 Å². The molecule has 266 valence electrons. The Labute approximate surface area is 327 Å². The van der Waals surface area contributed by atoms with Gasteiger partial charge in [0.15, 0.2) is 5.58 Å². The normalized spacial score (nSPS) is 11.9. The second kappa shape index (κ2) is 12.4. The minimum Gasteiger partial charge on any atom is -0.456 e. The smallest absolute Gasteiger partial charge is 0.228 e. The van der Waals surface area contributed by atoms with E-state index in [1.807, 2.05) is 24.3 Å². The molecule has 12 rings (SSSR count). The number of hydrogen-bond donors (Lipinski definition) is 0. The number of hydrogen-bond acceptors (Lipinski definition) is 4. The molecule has 12 aromatic rings. The lowest BCUT2D eigenvalue weighted by atomic mass is 9.96. The highest BCUT2D eigenvalue weighted by atomic mass is 16.3. The molecule has 0 N–H and O–H groups in total. The van der Waals surface area contributed by atoms with Crippen molar-refractivity contribution in [3.8, 4) is 22.6 Å². The van der Waals surface area contributed by atoms with Gasteiger partial charge in [-0.2, -0.15) is 0 Å². The molecule has 0 aliphatic carbocycles. The summed E-state index contributed by atoms with van der Waals surface area (Å²) in [6.07, 6.45) is 0. The first-order valence-corrected chi connectivity index (χ1v) is 19.3. The first-order chi connectivity index (χ1) is 28.2. The van der Waals surface area contributed by atoms with Crippen LogP contribution in [0.3, 0.4) is 0 Å². The second-order valence-electron chi connectivity index (χ2n) is 14.8. The molecule has 0 saturated heterocycles. The molecule has 10 aromatic carbocycles.